The van der Waals surface area contributed by atoms with Crippen molar-refractivity contribution in [3.63, 3.8) is 0 Å². The zero-order valence-electron chi connectivity index (χ0n) is 6.10. The summed E-state index contributed by atoms with van der Waals surface area (Å²) in [7, 11) is -3.46. The van der Waals surface area contributed by atoms with Crippen LogP contribution in [0.1, 0.15) is 12.8 Å². The predicted octanol–water partition coefficient (Wildman–Crippen LogP) is -0.871. The van der Waals surface area contributed by atoms with Crippen molar-refractivity contribution in [2.45, 2.75) is 18.1 Å². The highest BCUT2D eigenvalue weighted by Crippen LogP contribution is 2.12. The molecular formula is C5H12N2O3S. The van der Waals surface area contributed by atoms with Crippen molar-refractivity contribution >= 4 is 10.0 Å². The minimum Gasteiger partial charge on any atom is -0.314 e. The first-order chi connectivity index (χ1) is 5.00. The number of hydroxylamine groups is 2. The first-order valence-electron chi connectivity index (χ1n) is 3.45. The molecule has 1 atom stereocenters. The second-order valence-corrected chi connectivity index (χ2v) is 4.61. The van der Waals surface area contributed by atoms with Gasteiger partial charge < -0.3 is 5.21 Å². The summed E-state index contributed by atoms with van der Waals surface area (Å²) in [6.45, 7) is 0.671. The van der Waals surface area contributed by atoms with Gasteiger partial charge in [-0.15, -0.1) is 0 Å². The molecule has 0 aliphatic carbocycles. The molecule has 0 saturated carbocycles. The van der Waals surface area contributed by atoms with E-state index in [4.69, 9.17) is 10.3 Å². The van der Waals surface area contributed by atoms with Crippen molar-refractivity contribution < 1.29 is 13.6 Å². The van der Waals surface area contributed by atoms with Gasteiger partial charge in [-0.05, 0) is 12.8 Å². The molecule has 0 spiro atoms. The van der Waals surface area contributed by atoms with Crippen LogP contribution in [-0.4, -0.2) is 37.0 Å². The van der Waals surface area contributed by atoms with Crippen LogP contribution in [-0.2, 0) is 10.0 Å². The molecule has 0 aromatic rings. The first-order valence-corrected chi connectivity index (χ1v) is 5.06. The maximum atomic E-state index is 10.8. The van der Waals surface area contributed by atoms with Crippen molar-refractivity contribution in [2.24, 2.45) is 5.14 Å². The Kier molecular flexibility index (Phi) is 2.48. The Balaban J connectivity index is 2.60. The second-order valence-electron chi connectivity index (χ2n) is 2.77. The number of hydrogen-bond donors (Lipinski definition) is 2. The highest BCUT2D eigenvalue weighted by Gasteiger charge is 2.26. The molecule has 0 radical (unpaired) electrons. The van der Waals surface area contributed by atoms with E-state index in [1.54, 1.807) is 0 Å². The van der Waals surface area contributed by atoms with E-state index in [1.807, 2.05) is 0 Å². The van der Waals surface area contributed by atoms with Crippen LogP contribution >= 0.6 is 0 Å². The van der Waals surface area contributed by atoms with Gasteiger partial charge >= 0.3 is 0 Å². The molecule has 1 saturated heterocycles. The lowest BCUT2D eigenvalue weighted by Gasteiger charge is -2.26. The Hall–Kier alpha value is -0.170. The van der Waals surface area contributed by atoms with Crippen molar-refractivity contribution in [2.75, 3.05) is 13.1 Å². The predicted molar refractivity (Wildman–Crippen MR) is 39.5 cm³/mol. The van der Waals surface area contributed by atoms with E-state index in [2.05, 4.69) is 0 Å². The van der Waals surface area contributed by atoms with Crippen LogP contribution in [0, 0.1) is 0 Å². The van der Waals surface area contributed by atoms with Gasteiger partial charge in [0.2, 0.25) is 10.0 Å². The Morgan fingerprint density at radius 1 is 1.55 bits per heavy atom. The van der Waals surface area contributed by atoms with Gasteiger partial charge in [0.15, 0.2) is 0 Å². The molecule has 1 aliphatic heterocycles. The number of piperidine rings is 1. The van der Waals surface area contributed by atoms with Crippen molar-refractivity contribution in [3.05, 3.63) is 0 Å². The number of rotatable bonds is 1. The van der Waals surface area contributed by atoms with Gasteiger partial charge in [0.05, 0.1) is 5.25 Å². The maximum absolute atomic E-state index is 10.8. The maximum Gasteiger partial charge on any atom is 0.213 e. The zero-order valence-corrected chi connectivity index (χ0v) is 6.92. The molecule has 6 heteroatoms. The van der Waals surface area contributed by atoms with Crippen LogP contribution in [0.25, 0.3) is 0 Å². The van der Waals surface area contributed by atoms with E-state index in [9.17, 15) is 8.42 Å². The minimum atomic E-state index is -3.46. The molecule has 0 aromatic carbocycles. The number of nitrogens with zero attached hydrogens (tertiary/aromatic N) is 1. The summed E-state index contributed by atoms with van der Waals surface area (Å²) < 4.78 is 21.5. The standard InChI is InChI=1S/C5H12N2O3S/c6-11(9,10)5-2-1-3-7(8)4-5/h5,8H,1-4H2,(H2,6,9,10). The van der Waals surface area contributed by atoms with Gasteiger partial charge in [-0.2, -0.15) is 5.06 Å². The Morgan fingerprint density at radius 2 is 2.18 bits per heavy atom. The van der Waals surface area contributed by atoms with Gasteiger partial charge in [-0.25, -0.2) is 13.6 Å². The Labute approximate surface area is 65.8 Å². The molecule has 0 bridgehead atoms. The molecule has 1 heterocycles. The van der Waals surface area contributed by atoms with E-state index < -0.39 is 15.3 Å². The lowest BCUT2D eigenvalue weighted by Crippen LogP contribution is -2.43. The third kappa shape index (κ3) is 2.41. The summed E-state index contributed by atoms with van der Waals surface area (Å²) in [4.78, 5) is 0. The molecule has 3 N–H and O–H groups in total. The van der Waals surface area contributed by atoms with E-state index in [1.165, 1.54) is 0 Å². The highest BCUT2D eigenvalue weighted by molar-refractivity contribution is 7.89. The summed E-state index contributed by atoms with van der Waals surface area (Å²) >= 11 is 0. The zero-order chi connectivity index (χ0) is 8.48. The third-order valence-corrected chi connectivity index (χ3v) is 3.14. The molecule has 0 aromatic heterocycles. The lowest BCUT2D eigenvalue weighted by atomic mass is 10.2. The molecule has 5 nitrogen and oxygen atoms in total. The first kappa shape index (κ1) is 8.92. The summed E-state index contributed by atoms with van der Waals surface area (Å²) in [6.07, 6.45) is 1.23. The fourth-order valence-corrected chi connectivity index (χ4v) is 2.06. The minimum absolute atomic E-state index is 0.138. The number of hydrogen-bond acceptors (Lipinski definition) is 4. The van der Waals surface area contributed by atoms with Crippen LogP contribution in [0.2, 0.25) is 0 Å². The average molecular weight is 180 g/mol. The van der Waals surface area contributed by atoms with Gasteiger partial charge in [-0.1, -0.05) is 0 Å². The number of sulfonamides is 1. The van der Waals surface area contributed by atoms with E-state index in [-0.39, 0.29) is 6.54 Å². The van der Waals surface area contributed by atoms with Crippen molar-refractivity contribution in [1.29, 1.82) is 0 Å². The van der Waals surface area contributed by atoms with E-state index in [0.717, 1.165) is 5.06 Å². The SMILES string of the molecule is NS(=O)(=O)C1CCCN(O)C1. The second kappa shape index (κ2) is 3.06. The molecule has 1 fully saturated rings. The monoisotopic (exact) mass is 180 g/mol. The van der Waals surface area contributed by atoms with Gasteiger partial charge in [0, 0.05) is 13.1 Å². The smallest absolute Gasteiger partial charge is 0.213 e. The van der Waals surface area contributed by atoms with Gasteiger partial charge in [0.25, 0.3) is 0 Å². The quantitative estimate of drug-likeness (QED) is 0.549. The van der Waals surface area contributed by atoms with E-state index in [0.29, 0.717) is 19.4 Å². The average Bonchev–Trinajstić information content (AvgIpc) is 1.86. The topological polar surface area (TPSA) is 83.6 Å². The van der Waals surface area contributed by atoms with E-state index >= 15 is 0 Å². The fourth-order valence-electron chi connectivity index (χ4n) is 1.19. The van der Waals surface area contributed by atoms with Crippen LogP contribution < -0.4 is 5.14 Å². The van der Waals surface area contributed by atoms with Crippen LogP contribution in [0.4, 0.5) is 0 Å². The molecule has 66 valence electrons. The summed E-state index contributed by atoms with van der Waals surface area (Å²) in [5.41, 5.74) is 0. The van der Waals surface area contributed by atoms with Crippen molar-refractivity contribution in [1.82, 2.24) is 5.06 Å². The lowest BCUT2D eigenvalue weighted by molar-refractivity contribution is -0.102. The van der Waals surface area contributed by atoms with Crippen LogP contribution in [0.15, 0.2) is 0 Å². The molecule has 1 aliphatic rings. The summed E-state index contributed by atoms with van der Waals surface area (Å²) in [5.74, 6) is 0. The summed E-state index contributed by atoms with van der Waals surface area (Å²) in [5, 5.41) is 14.3. The largest absolute Gasteiger partial charge is 0.314 e. The van der Waals surface area contributed by atoms with Gasteiger partial charge in [0.1, 0.15) is 0 Å². The summed E-state index contributed by atoms with van der Waals surface area (Å²) in [6, 6.07) is 0. The Morgan fingerprint density at radius 3 is 2.55 bits per heavy atom. The fraction of sp³-hybridized carbons (Fsp3) is 1.00. The van der Waals surface area contributed by atoms with Crippen LogP contribution in [0.3, 0.4) is 0 Å². The molecular weight excluding hydrogens is 168 g/mol. The normalized spacial score (nSPS) is 28.7. The Bertz CT molecular complexity index is 226. The third-order valence-electron chi connectivity index (χ3n) is 1.82. The highest BCUT2D eigenvalue weighted by atomic mass is 32.2. The molecule has 0 amide bonds. The number of nitrogens with two attached hydrogens (primary N) is 1. The van der Waals surface area contributed by atoms with Crippen molar-refractivity contribution in [3.8, 4) is 0 Å². The van der Waals surface area contributed by atoms with Crippen LogP contribution in [0.5, 0.6) is 0 Å². The molecule has 11 heavy (non-hydrogen) atoms. The molecule has 1 rings (SSSR count). The number of primary sulfonamides is 1. The molecule has 1 unspecified atom stereocenters. The van der Waals surface area contributed by atoms with Gasteiger partial charge in [-0.3, -0.25) is 0 Å².